The molecule has 1 rings (SSSR count). The molecule has 0 bridgehead atoms. The van der Waals surface area contributed by atoms with Gasteiger partial charge in [0.1, 0.15) is 11.2 Å². The molecule has 0 amide bonds. The lowest BCUT2D eigenvalue weighted by Gasteiger charge is -2.30. The van der Waals surface area contributed by atoms with E-state index < -0.39 is 11.4 Å². The van der Waals surface area contributed by atoms with Crippen molar-refractivity contribution in [2.75, 3.05) is 25.2 Å². The Morgan fingerprint density at radius 1 is 1.50 bits per heavy atom. The van der Waals surface area contributed by atoms with Crippen LogP contribution in [0.5, 0.6) is 0 Å². The molecule has 0 aromatic heterocycles. The second kappa shape index (κ2) is 8.27. The third-order valence-electron chi connectivity index (χ3n) is 3.40. The van der Waals surface area contributed by atoms with Crippen LogP contribution < -0.4 is 5.73 Å². The SMILES string of the molecule is CCSCCCC(CN)(C(=O)OC)c1cccc(F)c1. The Labute approximate surface area is 124 Å². The van der Waals surface area contributed by atoms with Gasteiger partial charge < -0.3 is 10.5 Å². The van der Waals surface area contributed by atoms with Crippen molar-refractivity contribution in [1.29, 1.82) is 0 Å². The van der Waals surface area contributed by atoms with E-state index in [-0.39, 0.29) is 12.4 Å². The van der Waals surface area contributed by atoms with Crippen LogP contribution in [0.15, 0.2) is 24.3 Å². The standard InChI is InChI=1S/C15H22FNO2S/c1-3-20-9-5-8-15(11-17,14(18)19-2)12-6-4-7-13(16)10-12/h4,6-7,10H,3,5,8-9,11,17H2,1-2H3. The fourth-order valence-corrected chi connectivity index (χ4v) is 2.91. The zero-order valence-electron chi connectivity index (χ0n) is 12.0. The van der Waals surface area contributed by atoms with Gasteiger partial charge in [-0.1, -0.05) is 19.1 Å². The normalized spacial score (nSPS) is 13.8. The molecule has 0 saturated heterocycles. The van der Waals surface area contributed by atoms with Gasteiger partial charge in [-0.15, -0.1) is 0 Å². The lowest BCUT2D eigenvalue weighted by Crippen LogP contribution is -2.44. The van der Waals surface area contributed by atoms with Crippen LogP contribution in [0.1, 0.15) is 25.3 Å². The van der Waals surface area contributed by atoms with Crippen LogP contribution in [-0.4, -0.2) is 31.1 Å². The summed E-state index contributed by atoms with van der Waals surface area (Å²) in [5.74, 6) is 1.22. The van der Waals surface area contributed by atoms with E-state index in [0.717, 1.165) is 17.9 Å². The van der Waals surface area contributed by atoms with E-state index in [9.17, 15) is 9.18 Å². The fourth-order valence-electron chi connectivity index (χ4n) is 2.27. The van der Waals surface area contributed by atoms with Crippen LogP contribution in [0.3, 0.4) is 0 Å². The molecule has 0 aliphatic rings. The van der Waals surface area contributed by atoms with Crippen LogP contribution in [0.25, 0.3) is 0 Å². The molecule has 0 heterocycles. The summed E-state index contributed by atoms with van der Waals surface area (Å²) in [6.07, 6.45) is 1.40. The third kappa shape index (κ3) is 3.96. The van der Waals surface area contributed by atoms with E-state index in [1.54, 1.807) is 12.1 Å². The van der Waals surface area contributed by atoms with Crippen LogP contribution in [0.4, 0.5) is 4.39 Å². The Morgan fingerprint density at radius 2 is 2.25 bits per heavy atom. The molecule has 112 valence electrons. The Hall–Kier alpha value is -1.07. The molecule has 1 aromatic rings. The van der Waals surface area contributed by atoms with Gasteiger partial charge in [0, 0.05) is 6.54 Å². The predicted octanol–water partition coefficient (Wildman–Crippen LogP) is 2.73. The van der Waals surface area contributed by atoms with Crippen molar-refractivity contribution in [1.82, 2.24) is 0 Å². The minimum absolute atomic E-state index is 0.111. The first kappa shape index (κ1) is 17.0. The quantitative estimate of drug-likeness (QED) is 0.592. The van der Waals surface area contributed by atoms with Gasteiger partial charge in [0.25, 0.3) is 0 Å². The molecular weight excluding hydrogens is 277 g/mol. The van der Waals surface area contributed by atoms with Gasteiger partial charge in [-0.25, -0.2) is 4.39 Å². The van der Waals surface area contributed by atoms with Gasteiger partial charge in [-0.3, -0.25) is 4.79 Å². The monoisotopic (exact) mass is 299 g/mol. The number of thioether (sulfide) groups is 1. The van der Waals surface area contributed by atoms with Gasteiger partial charge in [0.15, 0.2) is 0 Å². The number of nitrogens with two attached hydrogens (primary N) is 1. The first-order chi connectivity index (χ1) is 9.60. The van der Waals surface area contributed by atoms with Gasteiger partial charge in [-0.2, -0.15) is 11.8 Å². The zero-order valence-corrected chi connectivity index (χ0v) is 12.8. The van der Waals surface area contributed by atoms with Crippen molar-refractivity contribution < 1.29 is 13.9 Å². The number of halogens is 1. The summed E-state index contributed by atoms with van der Waals surface area (Å²) in [5.41, 5.74) is 5.49. The predicted molar refractivity (Wildman–Crippen MR) is 81.4 cm³/mol. The number of hydrogen-bond acceptors (Lipinski definition) is 4. The van der Waals surface area contributed by atoms with Gasteiger partial charge in [-0.05, 0) is 42.0 Å². The summed E-state index contributed by atoms with van der Waals surface area (Å²) in [6.45, 7) is 2.20. The smallest absolute Gasteiger partial charge is 0.317 e. The molecule has 3 nitrogen and oxygen atoms in total. The summed E-state index contributed by atoms with van der Waals surface area (Å²) < 4.78 is 18.4. The topological polar surface area (TPSA) is 52.3 Å². The average Bonchev–Trinajstić information content (AvgIpc) is 2.47. The Bertz CT molecular complexity index is 442. The second-order valence-electron chi connectivity index (χ2n) is 4.59. The van der Waals surface area contributed by atoms with Crippen molar-refractivity contribution in [2.45, 2.75) is 25.2 Å². The first-order valence-electron chi connectivity index (χ1n) is 6.73. The highest BCUT2D eigenvalue weighted by molar-refractivity contribution is 7.99. The van der Waals surface area contributed by atoms with Crippen molar-refractivity contribution in [2.24, 2.45) is 5.73 Å². The van der Waals surface area contributed by atoms with Crippen molar-refractivity contribution >= 4 is 17.7 Å². The lowest BCUT2D eigenvalue weighted by molar-refractivity contribution is -0.147. The van der Waals surface area contributed by atoms with Crippen LogP contribution in [0, 0.1) is 5.82 Å². The first-order valence-corrected chi connectivity index (χ1v) is 7.88. The zero-order chi connectivity index (χ0) is 15.0. The number of carbonyl (C=O) groups excluding carboxylic acids is 1. The molecule has 0 aliphatic carbocycles. The van der Waals surface area contributed by atoms with E-state index in [4.69, 9.17) is 10.5 Å². The lowest BCUT2D eigenvalue weighted by atomic mass is 9.76. The van der Waals surface area contributed by atoms with E-state index >= 15 is 0 Å². The number of methoxy groups -OCH3 is 1. The van der Waals surface area contributed by atoms with E-state index in [0.29, 0.717) is 12.0 Å². The Balaban J connectivity index is 3.02. The minimum atomic E-state index is -0.953. The number of hydrogen-bond donors (Lipinski definition) is 1. The van der Waals surface area contributed by atoms with Gasteiger partial charge in [0.2, 0.25) is 0 Å². The van der Waals surface area contributed by atoms with Gasteiger partial charge in [0.05, 0.1) is 7.11 Å². The molecule has 1 aromatic carbocycles. The molecule has 0 fully saturated rings. The molecule has 5 heteroatoms. The molecule has 0 radical (unpaired) electrons. The van der Waals surface area contributed by atoms with Crippen LogP contribution >= 0.6 is 11.8 Å². The highest BCUT2D eigenvalue weighted by Crippen LogP contribution is 2.31. The number of carbonyl (C=O) groups is 1. The van der Waals surface area contributed by atoms with Crippen molar-refractivity contribution in [3.8, 4) is 0 Å². The van der Waals surface area contributed by atoms with E-state index in [2.05, 4.69) is 6.92 Å². The largest absolute Gasteiger partial charge is 0.468 e. The van der Waals surface area contributed by atoms with Gasteiger partial charge >= 0.3 is 5.97 Å². The number of esters is 1. The molecule has 0 aliphatic heterocycles. The fraction of sp³-hybridized carbons (Fsp3) is 0.533. The molecule has 20 heavy (non-hydrogen) atoms. The molecule has 0 saturated carbocycles. The van der Waals surface area contributed by atoms with Crippen molar-refractivity contribution in [3.05, 3.63) is 35.6 Å². The maximum absolute atomic E-state index is 13.4. The number of ether oxygens (including phenoxy) is 1. The Kier molecular flexibility index (Phi) is 7.02. The summed E-state index contributed by atoms with van der Waals surface area (Å²) >= 11 is 1.81. The number of rotatable bonds is 8. The molecule has 1 atom stereocenters. The maximum atomic E-state index is 13.4. The highest BCUT2D eigenvalue weighted by atomic mass is 32.2. The third-order valence-corrected chi connectivity index (χ3v) is 4.38. The highest BCUT2D eigenvalue weighted by Gasteiger charge is 2.39. The summed E-state index contributed by atoms with van der Waals surface area (Å²) in [7, 11) is 1.34. The number of benzene rings is 1. The van der Waals surface area contributed by atoms with E-state index in [1.807, 2.05) is 11.8 Å². The molecular formula is C15H22FNO2S. The van der Waals surface area contributed by atoms with Crippen molar-refractivity contribution in [3.63, 3.8) is 0 Å². The second-order valence-corrected chi connectivity index (χ2v) is 5.98. The minimum Gasteiger partial charge on any atom is -0.468 e. The Morgan fingerprint density at radius 3 is 2.80 bits per heavy atom. The molecule has 2 N–H and O–H groups in total. The summed E-state index contributed by atoms with van der Waals surface area (Å²) in [5, 5.41) is 0. The van der Waals surface area contributed by atoms with E-state index in [1.165, 1.54) is 19.2 Å². The summed E-state index contributed by atoms with van der Waals surface area (Å²) in [6, 6.07) is 6.06. The van der Waals surface area contributed by atoms with Crippen LogP contribution in [-0.2, 0) is 14.9 Å². The molecule has 0 spiro atoms. The summed E-state index contributed by atoms with van der Waals surface area (Å²) in [4.78, 5) is 12.2. The van der Waals surface area contributed by atoms with Crippen LogP contribution in [0.2, 0.25) is 0 Å². The average molecular weight is 299 g/mol. The molecule has 1 unspecified atom stereocenters. The maximum Gasteiger partial charge on any atom is 0.317 e.